The maximum absolute atomic E-state index is 12.8. The molecule has 1 aromatic rings. The van der Waals surface area contributed by atoms with Gasteiger partial charge in [0, 0.05) is 13.0 Å². The molecule has 0 unspecified atom stereocenters. The third-order valence-corrected chi connectivity index (χ3v) is 1.58. The van der Waals surface area contributed by atoms with E-state index in [2.05, 4.69) is 5.32 Å². The molecule has 3 nitrogen and oxygen atoms in total. The molecule has 1 amide bonds. The molecule has 0 spiro atoms. The molecule has 0 heterocycles. The fourth-order valence-electron chi connectivity index (χ4n) is 1.02. The number of carbonyl (C=O) groups is 1. The van der Waals surface area contributed by atoms with Crippen LogP contribution in [0.1, 0.15) is 12.5 Å². The highest BCUT2D eigenvalue weighted by molar-refractivity contribution is 5.90. The van der Waals surface area contributed by atoms with Crippen molar-refractivity contribution in [2.45, 2.75) is 13.8 Å². The Hall–Kier alpha value is -1.58. The number of amides is 1. The minimum absolute atomic E-state index is 0.100. The zero-order chi connectivity index (χ0) is 10.0. The Morgan fingerprint density at radius 3 is 2.69 bits per heavy atom. The number of aryl methyl sites for hydroxylation is 1. The van der Waals surface area contributed by atoms with Crippen molar-refractivity contribution < 1.29 is 14.3 Å². The molecule has 0 saturated carbocycles. The van der Waals surface area contributed by atoms with E-state index in [-0.39, 0.29) is 17.3 Å². The first-order valence-electron chi connectivity index (χ1n) is 3.77. The Labute approximate surface area is 75.2 Å². The maximum atomic E-state index is 12.8. The standard InChI is InChI=1S/C9H10FNO2/c1-5-3-7(10)4-8(9(5)13)11-6(2)12/h3-4,13H,1-2H3,(H,11,12). The summed E-state index contributed by atoms with van der Waals surface area (Å²) in [7, 11) is 0. The highest BCUT2D eigenvalue weighted by Gasteiger charge is 2.07. The van der Waals surface area contributed by atoms with Crippen LogP contribution in [0.2, 0.25) is 0 Å². The van der Waals surface area contributed by atoms with Crippen LogP contribution in [0.4, 0.5) is 10.1 Å². The van der Waals surface area contributed by atoms with E-state index in [0.29, 0.717) is 5.56 Å². The fraction of sp³-hybridized carbons (Fsp3) is 0.222. The van der Waals surface area contributed by atoms with Gasteiger partial charge in [-0.25, -0.2) is 4.39 Å². The van der Waals surface area contributed by atoms with Gasteiger partial charge in [-0.1, -0.05) is 0 Å². The summed E-state index contributed by atoms with van der Waals surface area (Å²) in [6.45, 7) is 2.85. The van der Waals surface area contributed by atoms with Gasteiger partial charge in [0.05, 0.1) is 5.69 Å². The summed E-state index contributed by atoms with van der Waals surface area (Å²) in [6, 6.07) is 2.27. The Kier molecular flexibility index (Phi) is 2.51. The van der Waals surface area contributed by atoms with E-state index in [1.54, 1.807) is 6.92 Å². The van der Waals surface area contributed by atoms with Crippen molar-refractivity contribution in [3.05, 3.63) is 23.5 Å². The first kappa shape index (κ1) is 9.51. The lowest BCUT2D eigenvalue weighted by Crippen LogP contribution is -2.06. The van der Waals surface area contributed by atoms with Gasteiger partial charge in [-0.2, -0.15) is 0 Å². The normalized spacial score (nSPS) is 9.77. The topological polar surface area (TPSA) is 49.3 Å². The van der Waals surface area contributed by atoms with Crippen molar-refractivity contribution >= 4 is 11.6 Å². The van der Waals surface area contributed by atoms with Crippen molar-refractivity contribution in [3.8, 4) is 5.75 Å². The Bertz CT molecular complexity index is 350. The van der Waals surface area contributed by atoms with Gasteiger partial charge >= 0.3 is 0 Å². The number of halogens is 1. The van der Waals surface area contributed by atoms with E-state index in [9.17, 15) is 14.3 Å². The van der Waals surface area contributed by atoms with Gasteiger partial charge < -0.3 is 10.4 Å². The maximum Gasteiger partial charge on any atom is 0.221 e. The van der Waals surface area contributed by atoms with E-state index < -0.39 is 5.82 Å². The average molecular weight is 183 g/mol. The number of hydrogen-bond acceptors (Lipinski definition) is 2. The van der Waals surface area contributed by atoms with Crippen LogP contribution in [0.25, 0.3) is 0 Å². The van der Waals surface area contributed by atoms with Crippen LogP contribution >= 0.6 is 0 Å². The lowest BCUT2D eigenvalue weighted by Gasteiger charge is -2.07. The van der Waals surface area contributed by atoms with E-state index in [1.165, 1.54) is 13.0 Å². The largest absolute Gasteiger partial charge is 0.505 e. The first-order chi connectivity index (χ1) is 6.00. The Balaban J connectivity index is 3.12. The number of phenols is 1. The summed E-state index contributed by atoms with van der Waals surface area (Å²) in [5.74, 6) is -0.934. The molecule has 2 N–H and O–H groups in total. The summed E-state index contributed by atoms with van der Waals surface area (Å²) >= 11 is 0. The second kappa shape index (κ2) is 3.43. The second-order valence-electron chi connectivity index (χ2n) is 2.80. The molecule has 13 heavy (non-hydrogen) atoms. The van der Waals surface area contributed by atoms with Crippen molar-refractivity contribution in [2.75, 3.05) is 5.32 Å². The number of benzene rings is 1. The van der Waals surface area contributed by atoms with E-state index in [1.807, 2.05) is 0 Å². The molecular formula is C9H10FNO2. The van der Waals surface area contributed by atoms with Gasteiger partial charge in [-0.05, 0) is 18.6 Å². The monoisotopic (exact) mass is 183 g/mol. The third kappa shape index (κ3) is 2.18. The van der Waals surface area contributed by atoms with Crippen LogP contribution in [0.5, 0.6) is 5.75 Å². The Morgan fingerprint density at radius 2 is 2.15 bits per heavy atom. The van der Waals surface area contributed by atoms with E-state index in [0.717, 1.165) is 6.07 Å². The van der Waals surface area contributed by atoms with Gasteiger partial charge in [-0.15, -0.1) is 0 Å². The summed E-state index contributed by atoms with van der Waals surface area (Å²) in [5.41, 5.74) is 0.494. The zero-order valence-corrected chi connectivity index (χ0v) is 7.39. The van der Waals surface area contributed by atoms with Crippen molar-refractivity contribution in [2.24, 2.45) is 0 Å². The van der Waals surface area contributed by atoms with Crippen molar-refractivity contribution in [1.29, 1.82) is 0 Å². The summed E-state index contributed by atoms with van der Waals surface area (Å²) < 4.78 is 12.8. The third-order valence-electron chi connectivity index (χ3n) is 1.58. The minimum Gasteiger partial charge on any atom is -0.505 e. The lowest BCUT2D eigenvalue weighted by molar-refractivity contribution is -0.114. The highest BCUT2D eigenvalue weighted by atomic mass is 19.1. The van der Waals surface area contributed by atoms with Crippen LogP contribution in [-0.2, 0) is 4.79 Å². The minimum atomic E-state index is -0.487. The molecule has 0 radical (unpaired) electrons. The van der Waals surface area contributed by atoms with Gasteiger partial charge in [0.25, 0.3) is 0 Å². The SMILES string of the molecule is CC(=O)Nc1cc(F)cc(C)c1O. The van der Waals surface area contributed by atoms with Crippen LogP contribution in [0.3, 0.4) is 0 Å². The number of phenolic OH excluding ortho intramolecular Hbond substituents is 1. The number of rotatable bonds is 1. The molecule has 0 saturated heterocycles. The number of anilines is 1. The molecule has 0 aliphatic carbocycles. The highest BCUT2D eigenvalue weighted by Crippen LogP contribution is 2.27. The summed E-state index contributed by atoms with van der Waals surface area (Å²) in [5, 5.41) is 11.7. The zero-order valence-electron chi connectivity index (χ0n) is 7.39. The van der Waals surface area contributed by atoms with Crippen LogP contribution in [0, 0.1) is 12.7 Å². The number of carbonyl (C=O) groups excluding carboxylic acids is 1. The molecule has 4 heteroatoms. The van der Waals surface area contributed by atoms with Gasteiger partial charge in [0.15, 0.2) is 0 Å². The average Bonchev–Trinajstić information content (AvgIpc) is 1.98. The number of aromatic hydroxyl groups is 1. The van der Waals surface area contributed by atoms with Crippen LogP contribution < -0.4 is 5.32 Å². The second-order valence-corrected chi connectivity index (χ2v) is 2.80. The number of hydrogen-bond donors (Lipinski definition) is 2. The first-order valence-corrected chi connectivity index (χ1v) is 3.77. The van der Waals surface area contributed by atoms with Crippen LogP contribution in [0.15, 0.2) is 12.1 Å². The van der Waals surface area contributed by atoms with Gasteiger partial charge in [-0.3, -0.25) is 4.79 Å². The van der Waals surface area contributed by atoms with Gasteiger partial charge in [0.1, 0.15) is 11.6 Å². The molecule has 0 aliphatic heterocycles. The molecular weight excluding hydrogens is 173 g/mol. The molecule has 0 aliphatic rings. The van der Waals surface area contributed by atoms with Crippen molar-refractivity contribution in [3.63, 3.8) is 0 Å². The predicted molar refractivity (Wildman–Crippen MR) is 47.1 cm³/mol. The summed E-state index contributed by atoms with van der Waals surface area (Å²) in [6.07, 6.45) is 0. The summed E-state index contributed by atoms with van der Waals surface area (Å²) in [4.78, 5) is 10.6. The molecule has 0 fully saturated rings. The van der Waals surface area contributed by atoms with E-state index in [4.69, 9.17) is 0 Å². The number of nitrogens with one attached hydrogen (secondary N) is 1. The Morgan fingerprint density at radius 1 is 1.54 bits per heavy atom. The molecule has 0 atom stereocenters. The molecule has 1 rings (SSSR count). The van der Waals surface area contributed by atoms with Gasteiger partial charge in [0.2, 0.25) is 5.91 Å². The quantitative estimate of drug-likeness (QED) is 0.652. The van der Waals surface area contributed by atoms with Crippen molar-refractivity contribution in [1.82, 2.24) is 0 Å². The smallest absolute Gasteiger partial charge is 0.221 e. The van der Waals surface area contributed by atoms with Crippen LogP contribution in [-0.4, -0.2) is 11.0 Å². The fourth-order valence-corrected chi connectivity index (χ4v) is 1.02. The molecule has 70 valence electrons. The predicted octanol–water partition coefficient (Wildman–Crippen LogP) is 1.80. The van der Waals surface area contributed by atoms with E-state index >= 15 is 0 Å². The molecule has 0 bridgehead atoms. The lowest BCUT2D eigenvalue weighted by atomic mass is 10.2. The molecule has 1 aromatic carbocycles. The molecule has 0 aromatic heterocycles.